The highest BCUT2D eigenvalue weighted by Crippen LogP contribution is 2.31. The van der Waals surface area contributed by atoms with Crippen molar-refractivity contribution in [3.05, 3.63) is 24.3 Å². The van der Waals surface area contributed by atoms with E-state index in [-0.39, 0.29) is 12.2 Å². The number of carboxylic acid groups (broad SMARTS) is 1. The number of anilines is 1. The van der Waals surface area contributed by atoms with Crippen LogP contribution in [0.25, 0.3) is 0 Å². The van der Waals surface area contributed by atoms with Crippen molar-refractivity contribution in [3.63, 3.8) is 0 Å². The summed E-state index contributed by atoms with van der Waals surface area (Å²) in [6.45, 7) is 9.08. The van der Waals surface area contributed by atoms with E-state index >= 15 is 0 Å². The second kappa shape index (κ2) is 8.80. The summed E-state index contributed by atoms with van der Waals surface area (Å²) in [5, 5.41) is 9.13. The first-order chi connectivity index (χ1) is 13.7. The van der Waals surface area contributed by atoms with Gasteiger partial charge in [-0.05, 0) is 32.9 Å². The first-order valence-electron chi connectivity index (χ1n) is 10.2. The first kappa shape index (κ1) is 21.1. The van der Waals surface area contributed by atoms with Crippen molar-refractivity contribution in [1.82, 2.24) is 9.80 Å². The molecule has 29 heavy (non-hydrogen) atoms. The molecule has 8 nitrogen and oxygen atoms in total. The van der Waals surface area contributed by atoms with Crippen molar-refractivity contribution in [2.24, 2.45) is 0 Å². The molecular formula is C21H31N3O5. The lowest BCUT2D eigenvalue weighted by atomic mass is 10.1. The topological polar surface area (TPSA) is 82.5 Å². The maximum absolute atomic E-state index is 12.2. The molecule has 0 spiro atoms. The number of piperazine rings is 1. The SMILES string of the molecule is CC(C)(C)OC(=O)N1CCC(Oc2ccccc2N2CCN(C(=O)O)CC2)CC1. The fourth-order valence-corrected chi connectivity index (χ4v) is 3.62. The summed E-state index contributed by atoms with van der Waals surface area (Å²) in [5.41, 5.74) is 0.501. The first-order valence-corrected chi connectivity index (χ1v) is 10.2. The van der Waals surface area contributed by atoms with Gasteiger partial charge in [0.15, 0.2) is 0 Å². The Morgan fingerprint density at radius 1 is 0.966 bits per heavy atom. The number of amides is 2. The van der Waals surface area contributed by atoms with Crippen molar-refractivity contribution in [3.8, 4) is 5.75 Å². The van der Waals surface area contributed by atoms with Gasteiger partial charge in [-0.2, -0.15) is 0 Å². The molecule has 1 aromatic rings. The molecule has 0 saturated carbocycles. The lowest BCUT2D eigenvalue weighted by molar-refractivity contribution is 0.0127. The Labute approximate surface area is 172 Å². The minimum atomic E-state index is -0.870. The molecule has 1 N–H and O–H groups in total. The molecule has 0 atom stereocenters. The quantitative estimate of drug-likeness (QED) is 0.831. The zero-order valence-electron chi connectivity index (χ0n) is 17.5. The van der Waals surface area contributed by atoms with Crippen LogP contribution in [-0.2, 0) is 4.74 Å². The third-order valence-electron chi connectivity index (χ3n) is 5.14. The average molecular weight is 405 g/mol. The molecule has 0 aliphatic carbocycles. The van der Waals surface area contributed by atoms with Gasteiger partial charge in [0, 0.05) is 52.1 Å². The van der Waals surface area contributed by atoms with E-state index in [1.165, 1.54) is 4.90 Å². The van der Waals surface area contributed by atoms with E-state index in [0.29, 0.717) is 39.3 Å². The van der Waals surface area contributed by atoms with Crippen LogP contribution < -0.4 is 9.64 Å². The third kappa shape index (κ3) is 5.68. The van der Waals surface area contributed by atoms with Crippen LogP contribution in [0.1, 0.15) is 33.6 Å². The van der Waals surface area contributed by atoms with Crippen LogP contribution in [0.2, 0.25) is 0 Å². The van der Waals surface area contributed by atoms with Gasteiger partial charge in [0.05, 0.1) is 5.69 Å². The molecule has 0 aromatic heterocycles. The standard InChI is InChI=1S/C21H31N3O5/c1-21(2,3)29-20(27)24-10-8-16(9-11-24)28-18-7-5-4-6-17(18)22-12-14-23(15-13-22)19(25)26/h4-7,16H,8-15H2,1-3H3,(H,25,26). The summed E-state index contributed by atoms with van der Waals surface area (Å²) >= 11 is 0. The van der Waals surface area contributed by atoms with Gasteiger partial charge in [-0.1, -0.05) is 12.1 Å². The molecule has 2 fully saturated rings. The fourth-order valence-electron chi connectivity index (χ4n) is 3.62. The van der Waals surface area contributed by atoms with E-state index < -0.39 is 11.7 Å². The number of likely N-dealkylation sites (tertiary alicyclic amines) is 1. The lowest BCUT2D eigenvalue weighted by Crippen LogP contribution is -2.48. The van der Waals surface area contributed by atoms with Gasteiger partial charge in [-0.15, -0.1) is 0 Å². The van der Waals surface area contributed by atoms with Crippen LogP contribution >= 0.6 is 0 Å². The van der Waals surface area contributed by atoms with Crippen LogP contribution in [0, 0.1) is 0 Å². The number of carbonyl (C=O) groups is 2. The van der Waals surface area contributed by atoms with Gasteiger partial charge in [-0.25, -0.2) is 9.59 Å². The zero-order chi connectivity index (χ0) is 21.0. The summed E-state index contributed by atoms with van der Waals surface area (Å²) in [4.78, 5) is 28.7. The van der Waals surface area contributed by atoms with E-state index in [9.17, 15) is 9.59 Å². The van der Waals surface area contributed by atoms with Crippen LogP contribution in [0.3, 0.4) is 0 Å². The van der Waals surface area contributed by atoms with Gasteiger partial charge in [-0.3, -0.25) is 0 Å². The summed E-state index contributed by atoms with van der Waals surface area (Å²) in [5.74, 6) is 0.812. The number of piperidine rings is 1. The Hall–Kier alpha value is -2.64. The number of hydrogen-bond acceptors (Lipinski definition) is 5. The molecule has 160 valence electrons. The molecule has 0 radical (unpaired) electrons. The molecule has 8 heteroatoms. The number of rotatable bonds is 3. The molecule has 0 bridgehead atoms. The van der Waals surface area contributed by atoms with E-state index in [4.69, 9.17) is 14.6 Å². The second-order valence-corrected chi connectivity index (χ2v) is 8.51. The second-order valence-electron chi connectivity index (χ2n) is 8.51. The number of benzene rings is 1. The Morgan fingerprint density at radius 2 is 1.59 bits per heavy atom. The molecule has 2 aliphatic heterocycles. The maximum Gasteiger partial charge on any atom is 0.410 e. The Balaban J connectivity index is 1.56. The predicted octanol–water partition coefficient (Wildman–Crippen LogP) is 3.26. The largest absolute Gasteiger partial charge is 0.488 e. The minimum absolute atomic E-state index is 0.0372. The minimum Gasteiger partial charge on any atom is -0.488 e. The highest BCUT2D eigenvalue weighted by molar-refractivity contribution is 5.68. The van der Waals surface area contributed by atoms with Gasteiger partial charge in [0.1, 0.15) is 17.5 Å². The van der Waals surface area contributed by atoms with Crippen molar-refractivity contribution < 1.29 is 24.2 Å². The number of carbonyl (C=O) groups excluding carboxylic acids is 1. The Bertz CT molecular complexity index is 717. The Kier molecular flexibility index (Phi) is 6.39. The monoisotopic (exact) mass is 405 g/mol. The van der Waals surface area contributed by atoms with Crippen molar-refractivity contribution in [2.75, 3.05) is 44.2 Å². The smallest absolute Gasteiger partial charge is 0.410 e. The van der Waals surface area contributed by atoms with Crippen LogP contribution in [0.5, 0.6) is 5.75 Å². The van der Waals surface area contributed by atoms with Gasteiger partial charge < -0.3 is 29.3 Å². The number of ether oxygens (including phenoxy) is 2. The molecule has 2 saturated heterocycles. The van der Waals surface area contributed by atoms with Gasteiger partial charge in [0.25, 0.3) is 0 Å². The molecule has 2 aliphatic rings. The summed E-state index contributed by atoms with van der Waals surface area (Å²) < 4.78 is 11.7. The molecule has 2 heterocycles. The normalized spacial score (nSPS) is 18.5. The predicted molar refractivity (Wildman–Crippen MR) is 110 cm³/mol. The molecule has 0 unspecified atom stereocenters. The molecule has 1 aromatic carbocycles. The fraction of sp³-hybridized carbons (Fsp3) is 0.619. The van der Waals surface area contributed by atoms with E-state index in [1.807, 2.05) is 45.0 Å². The summed E-state index contributed by atoms with van der Waals surface area (Å²) in [7, 11) is 0. The van der Waals surface area contributed by atoms with E-state index in [1.54, 1.807) is 4.90 Å². The molecule has 3 rings (SSSR count). The highest BCUT2D eigenvalue weighted by Gasteiger charge is 2.29. The summed E-state index contributed by atoms with van der Waals surface area (Å²) in [6, 6.07) is 7.89. The van der Waals surface area contributed by atoms with Gasteiger partial charge in [0.2, 0.25) is 0 Å². The number of para-hydroxylation sites is 2. The van der Waals surface area contributed by atoms with Crippen molar-refractivity contribution >= 4 is 17.9 Å². The van der Waals surface area contributed by atoms with E-state index in [0.717, 1.165) is 24.3 Å². The van der Waals surface area contributed by atoms with Crippen LogP contribution in [-0.4, -0.2) is 78.1 Å². The molecule has 2 amide bonds. The highest BCUT2D eigenvalue weighted by atomic mass is 16.6. The average Bonchev–Trinajstić information content (AvgIpc) is 2.68. The lowest BCUT2D eigenvalue weighted by Gasteiger charge is -2.37. The summed E-state index contributed by atoms with van der Waals surface area (Å²) in [6.07, 6.45) is 0.398. The van der Waals surface area contributed by atoms with Gasteiger partial charge >= 0.3 is 12.2 Å². The van der Waals surface area contributed by atoms with Crippen LogP contribution in [0.15, 0.2) is 24.3 Å². The molecular weight excluding hydrogens is 374 g/mol. The van der Waals surface area contributed by atoms with E-state index in [2.05, 4.69) is 4.90 Å². The zero-order valence-corrected chi connectivity index (χ0v) is 17.5. The van der Waals surface area contributed by atoms with Crippen molar-refractivity contribution in [2.45, 2.75) is 45.3 Å². The van der Waals surface area contributed by atoms with Crippen molar-refractivity contribution in [1.29, 1.82) is 0 Å². The maximum atomic E-state index is 12.2. The Morgan fingerprint density at radius 3 is 2.17 bits per heavy atom. The number of nitrogens with zero attached hydrogens (tertiary/aromatic N) is 3. The van der Waals surface area contributed by atoms with Crippen LogP contribution in [0.4, 0.5) is 15.3 Å². The number of hydrogen-bond donors (Lipinski definition) is 1. The third-order valence-corrected chi connectivity index (χ3v) is 5.14.